The Kier molecular flexibility index (Phi) is 6.98. The van der Waals surface area contributed by atoms with Gasteiger partial charge < -0.3 is 29.0 Å². The molecule has 0 aliphatic carbocycles. The summed E-state index contributed by atoms with van der Waals surface area (Å²) in [5.74, 6) is -4.83. The minimum atomic E-state index is -1.47. The van der Waals surface area contributed by atoms with Crippen molar-refractivity contribution in [3.05, 3.63) is 35.1 Å². The number of aliphatic hydroxyl groups is 1. The third-order valence-corrected chi connectivity index (χ3v) is 7.98. The summed E-state index contributed by atoms with van der Waals surface area (Å²) in [6.45, 7) is 9.05. The fourth-order valence-electron chi connectivity index (χ4n) is 6.20. The number of likely N-dealkylation sites (tertiary alicyclic amines) is 1. The Bertz CT molecular complexity index is 1120. The van der Waals surface area contributed by atoms with E-state index in [0.717, 1.165) is 5.57 Å². The van der Waals surface area contributed by atoms with Gasteiger partial charge in [-0.1, -0.05) is 31.6 Å². The van der Waals surface area contributed by atoms with E-state index >= 15 is 0 Å². The summed E-state index contributed by atoms with van der Waals surface area (Å²) in [5.41, 5.74) is -0.637. The molecule has 0 radical (unpaired) electrons. The largest absolute Gasteiger partial charge is 0.507 e. The maximum absolute atomic E-state index is 13.1. The Hall–Kier alpha value is -2.82. The Balaban J connectivity index is 1.62. The summed E-state index contributed by atoms with van der Waals surface area (Å²) in [4.78, 5) is 51.3. The molecule has 4 heterocycles. The number of Topliss-reactive ketones (excluding diaryl/α,β-unsaturated/α-hetero) is 2. The van der Waals surface area contributed by atoms with Crippen LogP contribution >= 0.6 is 0 Å². The maximum atomic E-state index is 13.1. The monoisotopic (exact) mass is 517 g/mol. The standard InChI is InChI=1S/C27H35NO9/c1-13(8-9-17(29)20-19(31)12-28(6)24(20)32)10-14(2)22-15(3)23-18(30)11-26(5)27(36-22,37-23)21(16(4)35-26)25(33)34-7/h8-10,14-16,21-23,29H,11-12H2,1-7H3. The van der Waals surface area contributed by atoms with Crippen molar-refractivity contribution < 1.29 is 43.2 Å². The maximum Gasteiger partial charge on any atom is 0.316 e. The molecule has 10 heteroatoms. The number of likely N-dealkylation sites (N-methyl/N-ethyl adjacent to an activating group) is 1. The first-order valence-electron chi connectivity index (χ1n) is 12.5. The van der Waals surface area contributed by atoms with Crippen LogP contribution in [0.15, 0.2) is 35.1 Å². The number of aliphatic hydroxyl groups excluding tert-OH is 1. The van der Waals surface area contributed by atoms with Crippen LogP contribution in [-0.4, -0.2) is 83.9 Å². The number of esters is 1. The Morgan fingerprint density at radius 1 is 1.19 bits per heavy atom. The number of allylic oxidation sites excluding steroid dienone is 3. The molecule has 2 bridgehead atoms. The highest BCUT2D eigenvalue weighted by Crippen LogP contribution is 2.57. The predicted octanol–water partition coefficient (Wildman–Crippen LogP) is 2.03. The molecule has 4 rings (SSSR count). The Labute approximate surface area is 216 Å². The van der Waals surface area contributed by atoms with E-state index in [1.807, 2.05) is 26.8 Å². The molecule has 10 nitrogen and oxygen atoms in total. The number of carbonyl (C=O) groups is 4. The van der Waals surface area contributed by atoms with Crippen molar-refractivity contribution in [2.24, 2.45) is 17.8 Å². The van der Waals surface area contributed by atoms with Crippen LogP contribution in [-0.2, 0) is 38.1 Å². The number of hydrogen-bond donors (Lipinski definition) is 1. The molecular formula is C27H35NO9. The lowest BCUT2D eigenvalue weighted by Gasteiger charge is -2.56. The van der Waals surface area contributed by atoms with Crippen LogP contribution < -0.4 is 0 Å². The third-order valence-electron chi connectivity index (χ3n) is 7.98. The van der Waals surface area contributed by atoms with Gasteiger partial charge in [-0.25, -0.2) is 0 Å². The van der Waals surface area contributed by atoms with Crippen LogP contribution in [0.5, 0.6) is 0 Å². The van der Waals surface area contributed by atoms with Gasteiger partial charge in [0.2, 0.25) is 5.79 Å². The van der Waals surface area contributed by atoms with E-state index in [9.17, 15) is 24.3 Å². The van der Waals surface area contributed by atoms with Crippen molar-refractivity contribution >= 4 is 23.4 Å². The van der Waals surface area contributed by atoms with Crippen LogP contribution in [0.25, 0.3) is 0 Å². The van der Waals surface area contributed by atoms with Crippen LogP contribution in [0.1, 0.15) is 41.0 Å². The summed E-state index contributed by atoms with van der Waals surface area (Å²) in [6.07, 6.45) is 3.07. The summed E-state index contributed by atoms with van der Waals surface area (Å²) in [5, 5.41) is 10.3. The van der Waals surface area contributed by atoms with Gasteiger partial charge in [0.05, 0.1) is 25.9 Å². The van der Waals surface area contributed by atoms with Crippen LogP contribution in [0, 0.1) is 17.8 Å². The number of hydrogen-bond acceptors (Lipinski definition) is 9. The second kappa shape index (κ2) is 9.49. The average Bonchev–Trinajstić information content (AvgIpc) is 3.20. The molecule has 1 spiro atoms. The van der Waals surface area contributed by atoms with E-state index < -0.39 is 53.3 Å². The lowest BCUT2D eigenvalue weighted by Crippen LogP contribution is -2.71. The molecule has 0 aromatic carbocycles. The highest BCUT2D eigenvalue weighted by atomic mass is 16.8. The molecule has 0 saturated carbocycles. The number of nitrogens with zero attached hydrogens (tertiary/aromatic N) is 1. The number of ketones is 2. The van der Waals surface area contributed by atoms with Crippen LogP contribution in [0.3, 0.4) is 0 Å². The first-order chi connectivity index (χ1) is 17.3. The van der Waals surface area contributed by atoms with Crippen molar-refractivity contribution in [1.29, 1.82) is 0 Å². The minimum absolute atomic E-state index is 0.0631. The predicted molar refractivity (Wildman–Crippen MR) is 130 cm³/mol. The number of methoxy groups -OCH3 is 1. The fourth-order valence-corrected chi connectivity index (χ4v) is 6.20. The van der Waals surface area contributed by atoms with Gasteiger partial charge in [-0.15, -0.1) is 0 Å². The zero-order valence-corrected chi connectivity index (χ0v) is 22.3. The number of rotatable bonds is 5. The summed E-state index contributed by atoms with van der Waals surface area (Å²) >= 11 is 0. The van der Waals surface area contributed by atoms with Crippen LogP contribution in [0.2, 0.25) is 0 Å². The topological polar surface area (TPSA) is 129 Å². The zero-order valence-electron chi connectivity index (χ0n) is 22.3. The molecule has 0 aromatic rings. The quantitative estimate of drug-likeness (QED) is 0.191. The molecule has 8 atom stereocenters. The van der Waals surface area contributed by atoms with Crippen molar-refractivity contribution in [3.8, 4) is 0 Å². The third kappa shape index (κ3) is 4.24. The molecule has 202 valence electrons. The fraction of sp³-hybridized carbons (Fsp3) is 0.630. The molecular weight excluding hydrogens is 482 g/mol. The Morgan fingerprint density at radius 3 is 2.46 bits per heavy atom. The zero-order chi connectivity index (χ0) is 27.4. The van der Waals surface area contributed by atoms with Crippen molar-refractivity contribution in [3.63, 3.8) is 0 Å². The average molecular weight is 518 g/mol. The smallest absolute Gasteiger partial charge is 0.316 e. The van der Waals surface area contributed by atoms with E-state index in [0.29, 0.717) is 0 Å². The van der Waals surface area contributed by atoms with Gasteiger partial charge in [0, 0.05) is 25.3 Å². The second-order valence-corrected chi connectivity index (χ2v) is 10.8. The normalized spacial score (nSPS) is 40.3. The molecule has 8 unspecified atom stereocenters. The molecule has 4 fully saturated rings. The second-order valence-electron chi connectivity index (χ2n) is 10.8. The number of carbonyl (C=O) groups excluding carboxylic acids is 4. The first kappa shape index (κ1) is 27.2. The molecule has 4 aliphatic rings. The molecule has 1 N–H and O–H groups in total. The minimum Gasteiger partial charge on any atom is -0.507 e. The summed E-state index contributed by atoms with van der Waals surface area (Å²) < 4.78 is 24.1. The van der Waals surface area contributed by atoms with E-state index in [2.05, 4.69) is 0 Å². The van der Waals surface area contributed by atoms with Crippen molar-refractivity contribution in [2.75, 3.05) is 20.7 Å². The molecule has 0 aromatic heterocycles. The number of amides is 1. The highest BCUT2D eigenvalue weighted by molar-refractivity contribution is 6.25. The SMILES string of the molecule is COC(=O)C1C(C)OC2(C)CC(=O)C3OC12OC(C(C)C=C(C)C=CC(O)=C1C(=O)CN(C)C1=O)C3C. The lowest BCUT2D eigenvalue weighted by molar-refractivity contribution is -0.387. The molecule has 1 amide bonds. The highest BCUT2D eigenvalue weighted by Gasteiger charge is 2.74. The van der Waals surface area contributed by atoms with Gasteiger partial charge >= 0.3 is 5.97 Å². The van der Waals surface area contributed by atoms with Gasteiger partial charge in [0.25, 0.3) is 5.91 Å². The van der Waals surface area contributed by atoms with Gasteiger partial charge in [0.1, 0.15) is 29.0 Å². The first-order valence-corrected chi connectivity index (χ1v) is 12.5. The summed E-state index contributed by atoms with van der Waals surface area (Å²) in [6, 6.07) is 0. The lowest BCUT2D eigenvalue weighted by atomic mass is 9.73. The van der Waals surface area contributed by atoms with E-state index in [1.54, 1.807) is 19.9 Å². The van der Waals surface area contributed by atoms with Crippen molar-refractivity contribution in [1.82, 2.24) is 4.90 Å². The number of ether oxygens (including phenoxy) is 4. The summed E-state index contributed by atoms with van der Waals surface area (Å²) in [7, 11) is 2.80. The van der Waals surface area contributed by atoms with E-state index in [-0.39, 0.29) is 41.9 Å². The van der Waals surface area contributed by atoms with Gasteiger partial charge in [-0.05, 0) is 26.8 Å². The molecule has 4 aliphatic heterocycles. The van der Waals surface area contributed by atoms with Crippen molar-refractivity contribution in [2.45, 2.75) is 70.7 Å². The molecule has 4 saturated heterocycles. The molecule has 37 heavy (non-hydrogen) atoms. The van der Waals surface area contributed by atoms with Gasteiger partial charge in [0.15, 0.2) is 11.6 Å². The van der Waals surface area contributed by atoms with Gasteiger partial charge in [-0.2, -0.15) is 0 Å². The van der Waals surface area contributed by atoms with Gasteiger partial charge in [-0.3, -0.25) is 19.2 Å². The van der Waals surface area contributed by atoms with E-state index in [1.165, 1.54) is 25.1 Å². The number of fused-ring (bicyclic) bond motifs is 1. The van der Waals surface area contributed by atoms with E-state index in [4.69, 9.17) is 18.9 Å². The van der Waals surface area contributed by atoms with Crippen LogP contribution in [0.4, 0.5) is 0 Å². The Morgan fingerprint density at radius 2 is 1.86 bits per heavy atom.